The van der Waals surface area contributed by atoms with Crippen LogP contribution in [0.1, 0.15) is 55.6 Å². The Balaban J connectivity index is 1.48. The molecule has 0 spiro atoms. The smallest absolute Gasteiger partial charge is 0.432 e. The fraction of sp³-hybridized carbons (Fsp3) is 0.312. The Kier molecular flexibility index (Phi) is 9.82. The van der Waals surface area contributed by atoms with Crippen molar-refractivity contribution >= 4 is 0 Å². The van der Waals surface area contributed by atoms with Gasteiger partial charge in [-0.2, -0.15) is 22.0 Å². The number of rotatable bonds is 10. The zero-order valence-corrected chi connectivity index (χ0v) is 22.7. The summed E-state index contributed by atoms with van der Waals surface area (Å²) < 4.78 is 133. The van der Waals surface area contributed by atoms with E-state index >= 15 is 0 Å². The summed E-state index contributed by atoms with van der Waals surface area (Å²) in [6.07, 6.45) is -1.79. The lowest BCUT2D eigenvalue weighted by Gasteiger charge is -2.28. The van der Waals surface area contributed by atoms with E-state index in [2.05, 4.69) is 16.1 Å². The van der Waals surface area contributed by atoms with Crippen LogP contribution in [0.15, 0.2) is 73.5 Å². The van der Waals surface area contributed by atoms with E-state index in [1.807, 2.05) is 18.2 Å². The van der Waals surface area contributed by atoms with Crippen molar-refractivity contribution in [1.29, 1.82) is 0 Å². The van der Waals surface area contributed by atoms with Gasteiger partial charge in [0.1, 0.15) is 22.9 Å². The Morgan fingerprint density at radius 3 is 1.88 bits per heavy atom. The molecule has 0 amide bonds. The first kappa shape index (κ1) is 32.0. The topological polar surface area (TPSA) is 18.5 Å². The number of benzene rings is 3. The van der Waals surface area contributed by atoms with Crippen molar-refractivity contribution < 1.29 is 49.0 Å². The molecule has 11 heteroatoms. The van der Waals surface area contributed by atoms with Crippen LogP contribution in [-0.2, 0) is 6.11 Å². The average molecular weight is 615 g/mol. The quantitative estimate of drug-likeness (QED) is 0.129. The summed E-state index contributed by atoms with van der Waals surface area (Å²) in [5.74, 6) is -8.23. The molecule has 3 aromatic carbocycles. The van der Waals surface area contributed by atoms with E-state index in [0.29, 0.717) is 29.5 Å². The minimum absolute atomic E-state index is 0.0141. The lowest BCUT2D eigenvalue weighted by molar-refractivity contribution is -0.189. The fourth-order valence-electron chi connectivity index (χ4n) is 5.19. The Bertz CT molecular complexity index is 1410. The molecule has 0 aromatic heterocycles. The van der Waals surface area contributed by atoms with Crippen LogP contribution in [-0.4, -0.2) is 6.18 Å². The number of hydrogen-bond acceptors (Lipinski definition) is 2. The van der Waals surface area contributed by atoms with Gasteiger partial charge in [0.25, 0.3) is 0 Å². The van der Waals surface area contributed by atoms with Gasteiger partial charge < -0.3 is 9.47 Å². The van der Waals surface area contributed by atoms with E-state index in [4.69, 9.17) is 0 Å². The summed E-state index contributed by atoms with van der Waals surface area (Å²) in [5.41, 5.74) is -0.345. The molecule has 0 N–H and O–H groups in total. The van der Waals surface area contributed by atoms with Gasteiger partial charge in [0.2, 0.25) is 0 Å². The molecule has 0 heterocycles. The summed E-state index contributed by atoms with van der Waals surface area (Å²) >= 11 is 0. The second kappa shape index (κ2) is 13.2. The van der Waals surface area contributed by atoms with Crippen molar-refractivity contribution in [3.8, 4) is 22.6 Å². The number of alkyl halides is 5. The first-order chi connectivity index (χ1) is 20.3. The fourth-order valence-corrected chi connectivity index (χ4v) is 5.19. The lowest BCUT2D eigenvalue weighted by Crippen LogP contribution is -2.25. The summed E-state index contributed by atoms with van der Waals surface area (Å²) in [6, 6.07) is 8.74. The van der Waals surface area contributed by atoms with E-state index < -0.39 is 58.7 Å². The van der Waals surface area contributed by atoms with Crippen molar-refractivity contribution in [1.82, 2.24) is 0 Å². The van der Waals surface area contributed by atoms with Gasteiger partial charge in [-0.25, -0.2) is 17.6 Å². The SMILES string of the molecule is C=CCCC1CCC(c2ccc(-c3cc(F)c(C(F)(F)Oc4cc(F)c(O/C=C/C(F)(F)F)c(F)c4)c(F)c3)cc2)CC1. The van der Waals surface area contributed by atoms with Crippen molar-refractivity contribution in [2.75, 3.05) is 0 Å². The Labute approximate surface area is 242 Å². The maximum absolute atomic E-state index is 14.9. The zero-order chi connectivity index (χ0) is 31.4. The lowest BCUT2D eigenvalue weighted by atomic mass is 9.77. The highest BCUT2D eigenvalue weighted by Crippen LogP contribution is 2.40. The molecule has 1 aliphatic carbocycles. The van der Waals surface area contributed by atoms with E-state index in [1.54, 1.807) is 12.1 Å². The van der Waals surface area contributed by atoms with E-state index in [-0.39, 0.29) is 24.0 Å². The predicted molar refractivity (Wildman–Crippen MR) is 143 cm³/mol. The minimum atomic E-state index is -4.84. The van der Waals surface area contributed by atoms with Gasteiger partial charge in [-0.3, -0.25) is 0 Å². The number of allylic oxidation sites excluding steroid dienone is 2. The standard InChI is InChI=1S/C32H27F9O2/c1-2-3-4-19-5-7-20(8-6-19)21-9-11-22(12-10-21)23-15-25(33)29(26(34)16-23)32(40,41)43-24-17-27(35)30(28(36)18-24)42-14-13-31(37,38)39/h2,9-20H,1,3-8H2/b14-13+. The number of ether oxygens (including phenoxy) is 2. The molecule has 3 aromatic rings. The Morgan fingerprint density at radius 2 is 1.35 bits per heavy atom. The molecule has 4 rings (SSSR count). The Hall–Kier alpha value is -3.89. The van der Waals surface area contributed by atoms with Gasteiger partial charge in [0.15, 0.2) is 17.4 Å². The monoisotopic (exact) mass is 614 g/mol. The van der Waals surface area contributed by atoms with Crippen LogP contribution >= 0.6 is 0 Å². The average Bonchev–Trinajstić information content (AvgIpc) is 2.92. The molecule has 0 aliphatic heterocycles. The second-order valence-electron chi connectivity index (χ2n) is 10.3. The van der Waals surface area contributed by atoms with Crippen LogP contribution in [0.3, 0.4) is 0 Å². The highest BCUT2D eigenvalue weighted by Gasteiger charge is 2.41. The van der Waals surface area contributed by atoms with Crippen molar-refractivity contribution in [2.45, 2.75) is 56.7 Å². The summed E-state index contributed by atoms with van der Waals surface area (Å²) in [6.45, 7) is 3.76. The van der Waals surface area contributed by atoms with Gasteiger partial charge in [0, 0.05) is 12.1 Å². The Morgan fingerprint density at radius 1 is 0.767 bits per heavy atom. The van der Waals surface area contributed by atoms with E-state index in [0.717, 1.165) is 44.1 Å². The molecule has 1 aliphatic rings. The molecular formula is C32H27F9O2. The molecule has 0 bridgehead atoms. The van der Waals surface area contributed by atoms with E-state index in [9.17, 15) is 39.5 Å². The van der Waals surface area contributed by atoms with Crippen molar-refractivity contribution in [3.05, 3.63) is 108 Å². The van der Waals surface area contributed by atoms with Crippen LogP contribution in [0.2, 0.25) is 0 Å². The molecule has 1 fully saturated rings. The summed E-state index contributed by atoms with van der Waals surface area (Å²) in [5, 5.41) is 0. The van der Waals surface area contributed by atoms with Crippen LogP contribution < -0.4 is 9.47 Å². The highest BCUT2D eigenvalue weighted by molar-refractivity contribution is 5.64. The predicted octanol–water partition coefficient (Wildman–Crippen LogP) is 10.7. The third-order valence-electron chi connectivity index (χ3n) is 7.34. The molecular weight excluding hydrogens is 587 g/mol. The summed E-state index contributed by atoms with van der Waals surface area (Å²) in [4.78, 5) is 0. The van der Waals surface area contributed by atoms with Crippen LogP contribution in [0.5, 0.6) is 11.5 Å². The van der Waals surface area contributed by atoms with Gasteiger partial charge in [0.05, 0.1) is 12.3 Å². The first-order valence-corrected chi connectivity index (χ1v) is 13.4. The number of hydrogen-bond donors (Lipinski definition) is 0. The van der Waals surface area contributed by atoms with Crippen LogP contribution in [0.25, 0.3) is 11.1 Å². The van der Waals surface area contributed by atoms with Gasteiger partial charge in [-0.1, -0.05) is 30.3 Å². The molecule has 230 valence electrons. The zero-order valence-electron chi connectivity index (χ0n) is 22.7. The molecule has 0 saturated heterocycles. The third kappa shape index (κ3) is 8.14. The normalized spacial score (nSPS) is 17.7. The third-order valence-corrected chi connectivity index (χ3v) is 7.34. The van der Waals surface area contributed by atoms with Crippen molar-refractivity contribution in [2.24, 2.45) is 5.92 Å². The first-order valence-electron chi connectivity index (χ1n) is 13.4. The maximum Gasteiger partial charge on any atom is 0.432 e. The highest BCUT2D eigenvalue weighted by atomic mass is 19.4. The molecule has 2 nitrogen and oxygen atoms in total. The van der Waals surface area contributed by atoms with Gasteiger partial charge >= 0.3 is 12.3 Å². The molecule has 0 radical (unpaired) electrons. The van der Waals surface area contributed by atoms with Crippen molar-refractivity contribution in [3.63, 3.8) is 0 Å². The van der Waals surface area contributed by atoms with Gasteiger partial charge in [-0.15, -0.1) is 6.58 Å². The molecule has 0 unspecified atom stereocenters. The van der Waals surface area contributed by atoms with Crippen LogP contribution in [0.4, 0.5) is 39.5 Å². The van der Waals surface area contributed by atoms with E-state index in [1.165, 1.54) is 0 Å². The maximum atomic E-state index is 14.9. The minimum Gasteiger partial charge on any atom is -0.459 e. The second-order valence-corrected chi connectivity index (χ2v) is 10.3. The molecule has 43 heavy (non-hydrogen) atoms. The molecule has 1 saturated carbocycles. The molecule has 0 atom stereocenters. The largest absolute Gasteiger partial charge is 0.459 e. The summed E-state index contributed by atoms with van der Waals surface area (Å²) in [7, 11) is 0. The van der Waals surface area contributed by atoms with Gasteiger partial charge in [-0.05, 0) is 79.2 Å². The van der Waals surface area contributed by atoms with Crippen LogP contribution in [0, 0.1) is 29.2 Å². The number of halogens is 9.